The SMILES string of the molecule is NC(N)=NCCC[C@@H](N)C(=O)N1CCC[C@H]1C(=O)N1CCC[C@@H]1C(=O)N[C@@H](CCCN=C(N)N)C(=O)O. The molecule has 0 radical (unpaired) electrons. The Morgan fingerprint density at radius 1 is 0.865 bits per heavy atom. The number of amides is 3. The molecule has 0 aromatic heterocycles. The molecule has 2 aliphatic rings. The number of hydrogen-bond donors (Lipinski definition) is 7. The lowest BCUT2D eigenvalue weighted by atomic mass is 10.1. The first kappa shape index (κ1) is 29.6. The van der Waals surface area contributed by atoms with Crippen molar-refractivity contribution in [1.29, 1.82) is 0 Å². The highest BCUT2D eigenvalue weighted by Gasteiger charge is 2.43. The fourth-order valence-electron chi connectivity index (χ4n) is 4.67. The summed E-state index contributed by atoms with van der Waals surface area (Å²) in [5.74, 6) is -2.50. The number of likely N-dealkylation sites (tertiary alicyclic amines) is 2. The minimum atomic E-state index is -1.18. The first-order valence-electron chi connectivity index (χ1n) is 12.5. The van der Waals surface area contributed by atoms with Gasteiger partial charge in [-0.05, 0) is 51.4 Å². The van der Waals surface area contributed by atoms with Crippen molar-refractivity contribution in [3.05, 3.63) is 0 Å². The molecule has 0 saturated carbocycles. The molecule has 15 heteroatoms. The second-order valence-electron chi connectivity index (χ2n) is 9.28. The van der Waals surface area contributed by atoms with E-state index in [-0.39, 0.29) is 36.7 Å². The van der Waals surface area contributed by atoms with Crippen molar-refractivity contribution in [3.8, 4) is 0 Å². The van der Waals surface area contributed by atoms with E-state index in [2.05, 4.69) is 15.3 Å². The zero-order valence-electron chi connectivity index (χ0n) is 21.1. The topological polar surface area (TPSA) is 262 Å². The lowest BCUT2D eigenvalue weighted by Gasteiger charge is -2.32. The standard InChI is InChI=1S/C22H40N10O5/c23-13(5-1-9-28-21(24)25)18(34)32-12-4-8-16(32)19(35)31-11-3-7-15(31)17(33)30-14(20(36)37)6-2-10-29-22(26)27/h13-16H,1-12,23H2,(H,30,33)(H,36,37)(H4,24,25,28)(H4,26,27,29)/t13-,14+,15-,16+/m1/s1. The van der Waals surface area contributed by atoms with Gasteiger partial charge in [-0.3, -0.25) is 24.4 Å². The summed E-state index contributed by atoms with van der Waals surface area (Å²) in [6.45, 7) is 1.33. The number of carboxylic acid groups (broad SMARTS) is 1. The Balaban J connectivity index is 1.98. The molecule has 2 aliphatic heterocycles. The molecular formula is C22H40N10O5. The summed E-state index contributed by atoms with van der Waals surface area (Å²) in [7, 11) is 0. The Bertz CT molecular complexity index is 887. The molecule has 2 saturated heterocycles. The van der Waals surface area contributed by atoms with Crippen molar-refractivity contribution in [3.63, 3.8) is 0 Å². The van der Waals surface area contributed by atoms with Crippen LogP contribution in [0.5, 0.6) is 0 Å². The molecule has 4 atom stereocenters. The number of rotatable bonds is 13. The normalized spacial score (nSPS) is 20.7. The molecule has 0 spiro atoms. The number of nitrogens with zero attached hydrogens (tertiary/aromatic N) is 4. The second-order valence-corrected chi connectivity index (χ2v) is 9.28. The first-order valence-corrected chi connectivity index (χ1v) is 12.5. The predicted molar refractivity (Wildman–Crippen MR) is 137 cm³/mol. The van der Waals surface area contributed by atoms with Gasteiger partial charge in [-0.1, -0.05) is 0 Å². The number of nitrogens with one attached hydrogen (secondary N) is 1. The zero-order chi connectivity index (χ0) is 27.5. The van der Waals surface area contributed by atoms with E-state index in [4.69, 9.17) is 28.7 Å². The Hall–Kier alpha value is -3.62. The summed E-state index contributed by atoms with van der Waals surface area (Å²) in [4.78, 5) is 61.7. The number of carbonyl (C=O) groups is 4. The van der Waals surface area contributed by atoms with Crippen molar-refractivity contribution in [2.45, 2.75) is 75.5 Å². The van der Waals surface area contributed by atoms with Crippen molar-refractivity contribution >= 4 is 35.6 Å². The van der Waals surface area contributed by atoms with Crippen LogP contribution < -0.4 is 34.0 Å². The summed E-state index contributed by atoms with van der Waals surface area (Å²) in [6, 6.07) is -3.45. The summed E-state index contributed by atoms with van der Waals surface area (Å²) in [5.41, 5.74) is 27.2. The minimum absolute atomic E-state index is 0.0325. The molecule has 0 aromatic carbocycles. The molecule has 0 bridgehead atoms. The highest BCUT2D eigenvalue weighted by atomic mass is 16.4. The molecule has 37 heavy (non-hydrogen) atoms. The van der Waals surface area contributed by atoms with Gasteiger partial charge in [0.1, 0.15) is 18.1 Å². The molecule has 0 aromatic rings. The molecule has 2 fully saturated rings. The Morgan fingerprint density at radius 2 is 1.41 bits per heavy atom. The zero-order valence-corrected chi connectivity index (χ0v) is 21.1. The van der Waals surface area contributed by atoms with Gasteiger partial charge >= 0.3 is 5.97 Å². The van der Waals surface area contributed by atoms with Gasteiger partial charge in [-0.25, -0.2) is 4.79 Å². The van der Waals surface area contributed by atoms with E-state index >= 15 is 0 Å². The number of nitrogens with two attached hydrogens (primary N) is 5. The van der Waals surface area contributed by atoms with E-state index in [1.165, 1.54) is 9.80 Å². The first-order chi connectivity index (χ1) is 17.5. The lowest BCUT2D eigenvalue weighted by molar-refractivity contribution is -0.148. The number of carbonyl (C=O) groups excluding carboxylic acids is 3. The third kappa shape index (κ3) is 8.77. The maximum Gasteiger partial charge on any atom is 0.326 e. The van der Waals surface area contributed by atoms with E-state index in [1.807, 2.05) is 0 Å². The summed E-state index contributed by atoms with van der Waals surface area (Å²) >= 11 is 0. The van der Waals surface area contributed by atoms with E-state index in [0.717, 1.165) is 0 Å². The van der Waals surface area contributed by atoms with Crippen LogP contribution in [-0.4, -0.2) is 101 Å². The average molecular weight is 525 g/mol. The monoisotopic (exact) mass is 524 g/mol. The van der Waals surface area contributed by atoms with Gasteiger partial charge < -0.3 is 48.9 Å². The third-order valence-corrected chi connectivity index (χ3v) is 6.50. The molecule has 15 nitrogen and oxygen atoms in total. The molecule has 12 N–H and O–H groups in total. The predicted octanol–water partition coefficient (Wildman–Crippen LogP) is -3.03. The summed E-state index contributed by atoms with van der Waals surface area (Å²) in [5, 5.41) is 12.1. The highest BCUT2D eigenvalue weighted by Crippen LogP contribution is 2.26. The van der Waals surface area contributed by atoms with Gasteiger partial charge in [0.2, 0.25) is 17.7 Å². The fraction of sp³-hybridized carbons (Fsp3) is 0.727. The fourth-order valence-corrected chi connectivity index (χ4v) is 4.67. The number of hydrogen-bond acceptors (Lipinski definition) is 7. The highest BCUT2D eigenvalue weighted by molar-refractivity contribution is 5.94. The number of carboxylic acids is 1. The van der Waals surface area contributed by atoms with Crippen LogP contribution in [0.1, 0.15) is 51.4 Å². The van der Waals surface area contributed by atoms with Gasteiger partial charge in [-0.15, -0.1) is 0 Å². The molecule has 2 rings (SSSR count). The lowest BCUT2D eigenvalue weighted by Crippen LogP contribution is -2.56. The second kappa shape index (κ2) is 14.2. The van der Waals surface area contributed by atoms with Gasteiger partial charge in [0.15, 0.2) is 11.9 Å². The quantitative estimate of drug-likeness (QED) is 0.0727. The van der Waals surface area contributed by atoms with Crippen molar-refractivity contribution in [2.75, 3.05) is 26.2 Å². The smallest absolute Gasteiger partial charge is 0.326 e. The molecule has 3 amide bonds. The van der Waals surface area contributed by atoms with Crippen molar-refractivity contribution in [1.82, 2.24) is 15.1 Å². The van der Waals surface area contributed by atoms with Gasteiger partial charge in [0, 0.05) is 26.2 Å². The number of aliphatic carboxylic acids is 1. The average Bonchev–Trinajstić information content (AvgIpc) is 3.52. The minimum Gasteiger partial charge on any atom is -0.480 e. The Kier molecular flexibility index (Phi) is 11.4. The van der Waals surface area contributed by atoms with Crippen LogP contribution in [0, 0.1) is 0 Å². The van der Waals surface area contributed by atoms with E-state index < -0.39 is 36.0 Å². The summed E-state index contributed by atoms with van der Waals surface area (Å²) in [6.07, 6.45) is 3.48. The Morgan fingerprint density at radius 3 is 1.97 bits per heavy atom. The van der Waals surface area contributed by atoms with Crippen LogP contribution in [0.3, 0.4) is 0 Å². The van der Waals surface area contributed by atoms with Crippen molar-refractivity contribution in [2.24, 2.45) is 38.7 Å². The van der Waals surface area contributed by atoms with E-state index in [0.29, 0.717) is 64.6 Å². The van der Waals surface area contributed by atoms with Crippen LogP contribution in [-0.2, 0) is 19.2 Å². The largest absolute Gasteiger partial charge is 0.480 e. The molecular weight excluding hydrogens is 484 g/mol. The van der Waals surface area contributed by atoms with Gasteiger partial charge in [0.25, 0.3) is 0 Å². The van der Waals surface area contributed by atoms with Crippen LogP contribution >= 0.6 is 0 Å². The molecule has 0 unspecified atom stereocenters. The van der Waals surface area contributed by atoms with Crippen LogP contribution in [0.4, 0.5) is 0 Å². The van der Waals surface area contributed by atoms with Crippen LogP contribution in [0.2, 0.25) is 0 Å². The van der Waals surface area contributed by atoms with E-state index in [1.54, 1.807) is 0 Å². The van der Waals surface area contributed by atoms with E-state index in [9.17, 15) is 24.3 Å². The molecule has 0 aliphatic carbocycles. The summed E-state index contributed by atoms with van der Waals surface area (Å²) < 4.78 is 0. The maximum absolute atomic E-state index is 13.4. The van der Waals surface area contributed by atoms with Crippen molar-refractivity contribution < 1.29 is 24.3 Å². The number of guanidine groups is 2. The van der Waals surface area contributed by atoms with Crippen LogP contribution in [0.15, 0.2) is 9.98 Å². The van der Waals surface area contributed by atoms with Gasteiger partial charge in [-0.2, -0.15) is 0 Å². The van der Waals surface area contributed by atoms with Crippen LogP contribution in [0.25, 0.3) is 0 Å². The molecule has 208 valence electrons. The maximum atomic E-state index is 13.4. The Labute approximate surface area is 215 Å². The molecule has 2 heterocycles. The third-order valence-electron chi connectivity index (χ3n) is 6.50. The van der Waals surface area contributed by atoms with Gasteiger partial charge in [0.05, 0.1) is 6.04 Å². The number of aliphatic imine (C=N–C) groups is 2.